The first kappa shape index (κ1) is 22.7. The summed E-state index contributed by atoms with van der Waals surface area (Å²) in [6, 6.07) is 6.78. The van der Waals surface area contributed by atoms with Gasteiger partial charge in [0.15, 0.2) is 0 Å². The highest BCUT2D eigenvalue weighted by Gasteiger charge is 2.18. The molecule has 0 saturated heterocycles. The van der Waals surface area contributed by atoms with E-state index in [1.165, 1.54) is 0 Å². The fraction of sp³-hybridized carbons (Fsp3) is 0.545. The molecule has 1 atom stereocenters. The maximum absolute atomic E-state index is 12.6. The first-order valence-electron chi connectivity index (χ1n) is 10.1. The molecule has 4 N–H and O–H groups in total. The maximum atomic E-state index is 12.6. The lowest BCUT2D eigenvalue weighted by atomic mass is 9.97. The lowest BCUT2D eigenvalue weighted by Crippen LogP contribution is -2.38. The van der Waals surface area contributed by atoms with Crippen molar-refractivity contribution in [1.29, 1.82) is 0 Å². The summed E-state index contributed by atoms with van der Waals surface area (Å²) in [7, 11) is 0. The van der Waals surface area contributed by atoms with Crippen LogP contribution in [0.5, 0.6) is 0 Å². The number of hydrogen-bond acceptors (Lipinski definition) is 3. The van der Waals surface area contributed by atoms with Gasteiger partial charge in [-0.2, -0.15) is 0 Å². The van der Waals surface area contributed by atoms with E-state index in [0.717, 1.165) is 44.9 Å². The lowest BCUT2D eigenvalue weighted by molar-refractivity contribution is -0.120. The molecular formula is C22H35N3O2. The van der Waals surface area contributed by atoms with Crippen molar-refractivity contribution in [2.45, 2.75) is 71.8 Å². The first-order valence-corrected chi connectivity index (χ1v) is 10.1. The number of anilines is 1. The van der Waals surface area contributed by atoms with E-state index in [1.54, 1.807) is 24.3 Å². The minimum atomic E-state index is -0.241. The van der Waals surface area contributed by atoms with Gasteiger partial charge in [0, 0.05) is 22.9 Å². The van der Waals surface area contributed by atoms with Crippen LogP contribution in [0, 0.1) is 5.92 Å². The molecule has 1 unspecified atom stereocenters. The van der Waals surface area contributed by atoms with Gasteiger partial charge in [-0.15, -0.1) is 0 Å². The van der Waals surface area contributed by atoms with Crippen LogP contribution in [0.1, 0.15) is 76.1 Å². The van der Waals surface area contributed by atoms with E-state index >= 15 is 0 Å². The molecule has 0 spiro atoms. The Hall–Kier alpha value is -2.30. The van der Waals surface area contributed by atoms with Gasteiger partial charge in [0.25, 0.3) is 5.91 Å². The maximum Gasteiger partial charge on any atom is 0.251 e. The number of benzene rings is 1. The van der Waals surface area contributed by atoms with Crippen molar-refractivity contribution in [2.24, 2.45) is 11.7 Å². The highest BCUT2D eigenvalue weighted by atomic mass is 16.2. The normalized spacial score (nSPS) is 11.9. The Morgan fingerprint density at radius 3 is 2.30 bits per heavy atom. The average molecular weight is 374 g/mol. The largest absolute Gasteiger partial charge is 0.401 e. The number of hydrogen-bond donors (Lipinski definition) is 3. The van der Waals surface area contributed by atoms with E-state index < -0.39 is 0 Å². The van der Waals surface area contributed by atoms with Gasteiger partial charge in [-0.05, 0) is 37.5 Å². The predicted octanol–water partition coefficient (Wildman–Crippen LogP) is 4.60. The fourth-order valence-corrected chi connectivity index (χ4v) is 3.09. The molecule has 5 heteroatoms. The molecule has 0 radical (unpaired) electrons. The highest BCUT2D eigenvalue weighted by Crippen LogP contribution is 2.18. The van der Waals surface area contributed by atoms with Crippen LogP contribution in [0.25, 0.3) is 0 Å². The minimum Gasteiger partial charge on any atom is -0.401 e. The van der Waals surface area contributed by atoms with Crippen molar-refractivity contribution < 1.29 is 9.59 Å². The summed E-state index contributed by atoms with van der Waals surface area (Å²) < 4.78 is 0. The van der Waals surface area contributed by atoms with E-state index in [2.05, 4.69) is 38.0 Å². The molecule has 27 heavy (non-hydrogen) atoms. The van der Waals surface area contributed by atoms with Gasteiger partial charge >= 0.3 is 0 Å². The Bertz CT molecular complexity index is 622. The van der Waals surface area contributed by atoms with Gasteiger partial charge in [-0.1, -0.05) is 59.1 Å². The van der Waals surface area contributed by atoms with Crippen LogP contribution < -0.4 is 16.4 Å². The van der Waals surface area contributed by atoms with Crippen LogP contribution in [-0.2, 0) is 4.79 Å². The average Bonchev–Trinajstić information content (AvgIpc) is 2.64. The standard InChI is InChI=1S/C22H35N3O2/c1-5-8-14-20(16(4)23)25-22(27)18-12-9-13-19(15-18)24-21(26)17(10-6-2)11-7-3/h9,12-13,15,17,20H,4-8,10-11,14,23H2,1-3H3,(H,24,26)(H,25,27). The summed E-state index contributed by atoms with van der Waals surface area (Å²) in [6.07, 6.45) is 6.45. The quantitative estimate of drug-likeness (QED) is 0.500. The van der Waals surface area contributed by atoms with Crippen molar-refractivity contribution in [2.75, 3.05) is 5.32 Å². The third kappa shape index (κ3) is 7.85. The van der Waals surface area contributed by atoms with Gasteiger partial charge in [-0.3, -0.25) is 9.59 Å². The zero-order valence-electron chi connectivity index (χ0n) is 17.0. The summed E-state index contributed by atoms with van der Waals surface area (Å²) in [4.78, 5) is 25.1. The van der Waals surface area contributed by atoms with Gasteiger partial charge in [0.05, 0.1) is 6.04 Å². The van der Waals surface area contributed by atoms with Crippen molar-refractivity contribution >= 4 is 17.5 Å². The number of carbonyl (C=O) groups excluding carboxylic acids is 2. The second-order valence-corrected chi connectivity index (χ2v) is 7.09. The zero-order valence-corrected chi connectivity index (χ0v) is 17.0. The highest BCUT2D eigenvalue weighted by molar-refractivity contribution is 5.97. The minimum absolute atomic E-state index is 0.0106. The summed E-state index contributed by atoms with van der Waals surface area (Å²) in [5.41, 5.74) is 7.42. The molecular weight excluding hydrogens is 338 g/mol. The van der Waals surface area contributed by atoms with E-state index in [-0.39, 0.29) is 23.8 Å². The molecule has 2 amide bonds. The molecule has 5 nitrogen and oxygen atoms in total. The van der Waals surface area contributed by atoms with Crippen LogP contribution in [0.15, 0.2) is 36.5 Å². The summed E-state index contributed by atoms with van der Waals surface area (Å²) in [5.74, 6) is -0.179. The molecule has 0 saturated carbocycles. The number of nitrogens with two attached hydrogens (primary N) is 1. The van der Waals surface area contributed by atoms with Gasteiger partial charge in [-0.25, -0.2) is 0 Å². The van der Waals surface area contributed by atoms with E-state index in [0.29, 0.717) is 16.9 Å². The molecule has 1 aromatic carbocycles. The topological polar surface area (TPSA) is 84.2 Å². The monoisotopic (exact) mass is 373 g/mol. The van der Waals surface area contributed by atoms with Crippen molar-refractivity contribution in [3.8, 4) is 0 Å². The molecule has 0 bridgehead atoms. The van der Waals surface area contributed by atoms with Crippen LogP contribution in [0.2, 0.25) is 0 Å². The molecule has 150 valence electrons. The van der Waals surface area contributed by atoms with E-state index in [4.69, 9.17) is 5.73 Å². The van der Waals surface area contributed by atoms with Crippen molar-refractivity contribution in [1.82, 2.24) is 5.32 Å². The number of amides is 2. The fourth-order valence-electron chi connectivity index (χ4n) is 3.09. The van der Waals surface area contributed by atoms with E-state index in [1.807, 2.05) is 0 Å². The Kier molecular flexibility index (Phi) is 10.2. The van der Waals surface area contributed by atoms with Crippen molar-refractivity contribution in [3.63, 3.8) is 0 Å². The second-order valence-electron chi connectivity index (χ2n) is 7.09. The van der Waals surface area contributed by atoms with Gasteiger partial charge in [0.1, 0.15) is 0 Å². The Morgan fingerprint density at radius 1 is 1.07 bits per heavy atom. The van der Waals surface area contributed by atoms with Gasteiger partial charge < -0.3 is 16.4 Å². The molecule has 0 heterocycles. The number of carbonyl (C=O) groups is 2. The third-order valence-corrected chi connectivity index (χ3v) is 4.64. The lowest BCUT2D eigenvalue weighted by Gasteiger charge is -2.19. The van der Waals surface area contributed by atoms with Gasteiger partial charge in [0.2, 0.25) is 5.91 Å². The second kappa shape index (κ2) is 12.2. The molecule has 0 aromatic heterocycles. The SMILES string of the molecule is C=C(N)C(CCCC)NC(=O)c1cccc(NC(=O)C(CCC)CCC)c1. The smallest absolute Gasteiger partial charge is 0.251 e. The Morgan fingerprint density at radius 2 is 1.74 bits per heavy atom. The molecule has 1 aromatic rings. The Balaban J connectivity index is 2.80. The van der Waals surface area contributed by atoms with Crippen molar-refractivity contribution in [3.05, 3.63) is 42.1 Å². The van der Waals surface area contributed by atoms with Crippen LogP contribution in [0.3, 0.4) is 0 Å². The molecule has 0 aliphatic rings. The zero-order chi connectivity index (χ0) is 20.2. The molecule has 1 rings (SSSR count). The predicted molar refractivity (Wildman–Crippen MR) is 112 cm³/mol. The number of rotatable bonds is 12. The Labute approximate surface area is 163 Å². The summed E-state index contributed by atoms with van der Waals surface area (Å²) in [6.45, 7) is 10.0. The molecule has 0 aliphatic heterocycles. The number of unbranched alkanes of at least 4 members (excludes halogenated alkanes) is 1. The third-order valence-electron chi connectivity index (χ3n) is 4.64. The van der Waals surface area contributed by atoms with Crippen LogP contribution in [0.4, 0.5) is 5.69 Å². The summed E-state index contributed by atoms with van der Waals surface area (Å²) in [5, 5.41) is 5.89. The first-order chi connectivity index (χ1) is 12.9. The van der Waals surface area contributed by atoms with Crippen LogP contribution >= 0.6 is 0 Å². The van der Waals surface area contributed by atoms with Crippen LogP contribution in [-0.4, -0.2) is 17.9 Å². The molecule has 0 aliphatic carbocycles. The van der Waals surface area contributed by atoms with E-state index in [9.17, 15) is 9.59 Å². The molecule has 0 fully saturated rings. The summed E-state index contributed by atoms with van der Waals surface area (Å²) >= 11 is 0. The number of nitrogens with one attached hydrogen (secondary N) is 2.